The van der Waals surface area contributed by atoms with Crippen LogP contribution in [-0.4, -0.2) is 72.3 Å². The standard InChI is InChI=1S/C27H31N5O2S/c1-2-20-4-3-5-21(16-20)23-6-7-32(29-23)26-18-25(31-10-14-34-15-11-31)27-24(28-26)17-22(35-27)19-30-8-12-33-13-9-30/h3-7,16-18H,2,8-15,19H2,1H3. The van der Waals surface area contributed by atoms with Crippen molar-refractivity contribution in [2.45, 2.75) is 19.9 Å². The maximum atomic E-state index is 5.64. The number of anilines is 1. The topological polar surface area (TPSA) is 55.7 Å². The molecular formula is C27H31N5O2S. The van der Waals surface area contributed by atoms with Gasteiger partial charge in [0.2, 0.25) is 0 Å². The molecule has 2 fully saturated rings. The number of benzene rings is 1. The highest BCUT2D eigenvalue weighted by Gasteiger charge is 2.20. The molecule has 1 aromatic carbocycles. The minimum atomic E-state index is 0.755. The number of thiophene rings is 1. The lowest BCUT2D eigenvalue weighted by atomic mass is 10.1. The lowest BCUT2D eigenvalue weighted by Gasteiger charge is -2.29. The summed E-state index contributed by atoms with van der Waals surface area (Å²) < 4.78 is 14.3. The highest BCUT2D eigenvalue weighted by molar-refractivity contribution is 7.19. The SMILES string of the molecule is CCc1cccc(-c2ccn(-c3cc(N4CCOCC4)c4sc(CN5CCOCC5)cc4n3)n2)c1. The molecule has 0 atom stereocenters. The number of rotatable bonds is 6. The molecule has 0 radical (unpaired) electrons. The Labute approximate surface area is 209 Å². The van der Waals surface area contributed by atoms with Crippen LogP contribution in [0.4, 0.5) is 5.69 Å². The van der Waals surface area contributed by atoms with Crippen molar-refractivity contribution in [3.8, 4) is 17.1 Å². The third-order valence-corrected chi connectivity index (χ3v) is 7.92. The van der Waals surface area contributed by atoms with E-state index >= 15 is 0 Å². The number of hydrogen-bond acceptors (Lipinski definition) is 7. The summed E-state index contributed by atoms with van der Waals surface area (Å²) in [4.78, 5) is 11.3. The van der Waals surface area contributed by atoms with Crippen molar-refractivity contribution in [3.63, 3.8) is 0 Å². The average Bonchev–Trinajstić information content (AvgIpc) is 3.56. The van der Waals surface area contributed by atoms with E-state index < -0.39 is 0 Å². The van der Waals surface area contributed by atoms with E-state index in [4.69, 9.17) is 19.6 Å². The molecule has 0 unspecified atom stereocenters. The van der Waals surface area contributed by atoms with Gasteiger partial charge in [0.25, 0.3) is 0 Å². The minimum Gasteiger partial charge on any atom is -0.379 e. The summed E-state index contributed by atoms with van der Waals surface area (Å²) in [5, 5.41) is 4.91. The van der Waals surface area contributed by atoms with Crippen molar-refractivity contribution in [2.75, 3.05) is 57.5 Å². The van der Waals surface area contributed by atoms with Crippen molar-refractivity contribution >= 4 is 27.2 Å². The summed E-state index contributed by atoms with van der Waals surface area (Å²) in [6.45, 7) is 10.0. The zero-order chi connectivity index (χ0) is 23.6. The van der Waals surface area contributed by atoms with Crippen LogP contribution < -0.4 is 4.90 Å². The molecule has 7 nitrogen and oxygen atoms in total. The van der Waals surface area contributed by atoms with Gasteiger partial charge < -0.3 is 14.4 Å². The fourth-order valence-electron chi connectivity index (χ4n) is 4.81. The smallest absolute Gasteiger partial charge is 0.156 e. The van der Waals surface area contributed by atoms with Gasteiger partial charge in [0.1, 0.15) is 0 Å². The van der Waals surface area contributed by atoms with Crippen molar-refractivity contribution in [2.24, 2.45) is 0 Å². The van der Waals surface area contributed by atoms with Gasteiger partial charge >= 0.3 is 0 Å². The molecular weight excluding hydrogens is 458 g/mol. The minimum absolute atomic E-state index is 0.755. The predicted octanol–water partition coefficient (Wildman–Crippen LogP) is 4.38. The first-order valence-electron chi connectivity index (χ1n) is 12.5. The fraction of sp³-hybridized carbons (Fsp3) is 0.407. The fourth-order valence-corrected chi connectivity index (χ4v) is 5.99. The second-order valence-electron chi connectivity index (χ2n) is 9.11. The average molecular weight is 490 g/mol. The van der Waals surface area contributed by atoms with Crippen molar-refractivity contribution in [1.29, 1.82) is 0 Å². The summed E-state index contributed by atoms with van der Waals surface area (Å²) in [6.07, 6.45) is 3.03. The highest BCUT2D eigenvalue weighted by Crippen LogP contribution is 2.36. The van der Waals surface area contributed by atoms with E-state index in [1.165, 1.54) is 20.8 Å². The van der Waals surface area contributed by atoms with Crippen molar-refractivity contribution in [1.82, 2.24) is 19.7 Å². The van der Waals surface area contributed by atoms with Crippen LogP contribution in [0.2, 0.25) is 0 Å². The van der Waals surface area contributed by atoms with Crippen LogP contribution in [0.25, 0.3) is 27.3 Å². The number of fused-ring (bicyclic) bond motifs is 1. The van der Waals surface area contributed by atoms with Crippen LogP contribution in [0.15, 0.2) is 48.7 Å². The first-order chi connectivity index (χ1) is 17.3. The van der Waals surface area contributed by atoms with Crippen LogP contribution in [0.5, 0.6) is 0 Å². The second-order valence-corrected chi connectivity index (χ2v) is 10.3. The Bertz CT molecular complexity index is 1300. The molecule has 6 rings (SSSR count). The van der Waals surface area contributed by atoms with E-state index in [1.54, 1.807) is 0 Å². The first-order valence-corrected chi connectivity index (χ1v) is 13.3. The molecule has 8 heteroatoms. The lowest BCUT2D eigenvalue weighted by Crippen LogP contribution is -2.36. The molecule has 0 aliphatic carbocycles. The van der Waals surface area contributed by atoms with E-state index in [0.717, 1.165) is 88.2 Å². The molecule has 0 bridgehead atoms. The highest BCUT2D eigenvalue weighted by atomic mass is 32.1. The molecule has 2 aliphatic rings. The number of aryl methyl sites for hydroxylation is 1. The number of hydrogen-bond donors (Lipinski definition) is 0. The van der Waals surface area contributed by atoms with Crippen LogP contribution in [0.1, 0.15) is 17.4 Å². The third-order valence-electron chi connectivity index (χ3n) is 6.79. The first kappa shape index (κ1) is 22.7. The second kappa shape index (κ2) is 10.1. The van der Waals surface area contributed by atoms with E-state index in [0.29, 0.717) is 0 Å². The van der Waals surface area contributed by atoms with Gasteiger partial charge in [0.05, 0.1) is 48.0 Å². The quantitative estimate of drug-likeness (QED) is 0.401. The van der Waals surface area contributed by atoms with Gasteiger partial charge in [-0.2, -0.15) is 5.10 Å². The van der Waals surface area contributed by atoms with E-state index in [1.807, 2.05) is 22.2 Å². The molecule has 182 valence electrons. The molecule has 4 aromatic rings. The normalized spacial score (nSPS) is 17.3. The van der Waals surface area contributed by atoms with Crippen LogP contribution in [0, 0.1) is 0 Å². The predicted molar refractivity (Wildman–Crippen MR) is 141 cm³/mol. The Morgan fingerprint density at radius 1 is 0.943 bits per heavy atom. The van der Waals surface area contributed by atoms with Gasteiger partial charge in [-0.25, -0.2) is 9.67 Å². The Kier molecular flexibility index (Phi) is 6.52. The third kappa shape index (κ3) is 4.84. The lowest BCUT2D eigenvalue weighted by molar-refractivity contribution is 0.0346. The maximum absolute atomic E-state index is 5.64. The Morgan fingerprint density at radius 3 is 2.54 bits per heavy atom. The zero-order valence-electron chi connectivity index (χ0n) is 20.2. The number of aromatic nitrogens is 3. The molecule has 2 aliphatic heterocycles. The van der Waals surface area contributed by atoms with E-state index in [-0.39, 0.29) is 0 Å². The number of nitrogens with zero attached hydrogens (tertiary/aromatic N) is 5. The van der Waals surface area contributed by atoms with Crippen LogP contribution in [0.3, 0.4) is 0 Å². The Morgan fingerprint density at radius 2 is 1.74 bits per heavy atom. The summed E-state index contributed by atoms with van der Waals surface area (Å²) in [5.41, 5.74) is 5.70. The van der Waals surface area contributed by atoms with Gasteiger partial charge in [-0.3, -0.25) is 4.90 Å². The molecule has 35 heavy (non-hydrogen) atoms. The number of ether oxygens (including phenoxy) is 2. The number of morpholine rings is 2. The zero-order valence-corrected chi connectivity index (χ0v) is 21.0. The van der Waals surface area contributed by atoms with Gasteiger partial charge in [-0.1, -0.05) is 25.1 Å². The maximum Gasteiger partial charge on any atom is 0.156 e. The monoisotopic (exact) mass is 489 g/mol. The van der Waals surface area contributed by atoms with Gasteiger partial charge in [0, 0.05) is 55.4 Å². The molecule has 0 amide bonds. The van der Waals surface area contributed by atoms with Crippen LogP contribution >= 0.6 is 11.3 Å². The summed E-state index contributed by atoms with van der Waals surface area (Å²) in [6, 6.07) is 15.1. The summed E-state index contributed by atoms with van der Waals surface area (Å²) in [5.74, 6) is 0.854. The Hall–Kier alpha value is -2.78. The summed E-state index contributed by atoms with van der Waals surface area (Å²) in [7, 11) is 0. The van der Waals surface area contributed by atoms with Gasteiger partial charge in [0.15, 0.2) is 5.82 Å². The van der Waals surface area contributed by atoms with Crippen molar-refractivity contribution in [3.05, 3.63) is 59.1 Å². The molecule has 3 aromatic heterocycles. The van der Waals surface area contributed by atoms with Gasteiger partial charge in [-0.05, 0) is 30.2 Å². The Balaban J connectivity index is 1.37. The molecule has 2 saturated heterocycles. The number of pyridine rings is 1. The molecule has 5 heterocycles. The van der Waals surface area contributed by atoms with E-state index in [9.17, 15) is 0 Å². The van der Waals surface area contributed by atoms with Gasteiger partial charge in [-0.15, -0.1) is 11.3 Å². The van der Waals surface area contributed by atoms with E-state index in [2.05, 4.69) is 59.2 Å². The molecule has 0 saturated carbocycles. The largest absolute Gasteiger partial charge is 0.379 e. The molecule has 0 N–H and O–H groups in total. The molecule has 0 spiro atoms. The van der Waals surface area contributed by atoms with Crippen LogP contribution in [-0.2, 0) is 22.4 Å². The van der Waals surface area contributed by atoms with Crippen molar-refractivity contribution < 1.29 is 9.47 Å². The summed E-state index contributed by atoms with van der Waals surface area (Å²) >= 11 is 1.86.